The fraction of sp³-hybridized carbons (Fsp3) is 0.412. The Morgan fingerprint density at radius 3 is 3.04 bits per heavy atom. The average molecular weight is 348 g/mol. The minimum Gasteiger partial charge on any atom is -0.476 e. The summed E-state index contributed by atoms with van der Waals surface area (Å²) in [6, 6.07) is 9.13. The van der Waals surface area contributed by atoms with E-state index in [0.717, 1.165) is 5.56 Å². The summed E-state index contributed by atoms with van der Waals surface area (Å²) in [7, 11) is 0. The summed E-state index contributed by atoms with van der Waals surface area (Å²) in [5, 5.41) is 15.8. The van der Waals surface area contributed by atoms with Crippen LogP contribution in [-0.2, 0) is 13.0 Å². The zero-order valence-electron chi connectivity index (χ0n) is 13.1. The largest absolute Gasteiger partial charge is 0.476 e. The molecule has 1 aromatic heterocycles. The van der Waals surface area contributed by atoms with Crippen LogP contribution in [0.4, 0.5) is 0 Å². The van der Waals surface area contributed by atoms with Crippen LogP contribution in [0.2, 0.25) is 5.02 Å². The second kappa shape index (κ2) is 5.79. The highest BCUT2D eigenvalue weighted by Gasteiger charge is 2.39. The first-order chi connectivity index (χ1) is 11.5. The zero-order valence-corrected chi connectivity index (χ0v) is 13.9. The van der Waals surface area contributed by atoms with Crippen molar-refractivity contribution in [2.45, 2.75) is 25.0 Å². The number of nitrogens with zero attached hydrogens (tertiary/aromatic N) is 3. The Balaban J connectivity index is 1.45. The van der Waals surface area contributed by atoms with Gasteiger partial charge in [-0.05, 0) is 24.1 Å². The van der Waals surface area contributed by atoms with Crippen LogP contribution in [0.5, 0.6) is 5.88 Å². The number of likely N-dealkylation sites (tertiary alicyclic amines) is 1. The van der Waals surface area contributed by atoms with Crippen molar-refractivity contribution in [2.75, 3.05) is 19.7 Å². The number of halogens is 1. The molecule has 4 rings (SSSR count). The molecule has 2 aromatic rings. The molecule has 1 unspecified atom stereocenters. The first kappa shape index (κ1) is 15.5. The first-order valence-corrected chi connectivity index (χ1v) is 8.37. The predicted octanol–water partition coefficient (Wildman–Crippen LogP) is 1.75. The number of hydrogen-bond donors (Lipinski definition) is 1. The molecule has 6 nitrogen and oxygen atoms in total. The van der Waals surface area contributed by atoms with Crippen LogP contribution in [0.25, 0.3) is 0 Å². The van der Waals surface area contributed by atoms with Gasteiger partial charge in [-0.15, -0.1) is 0 Å². The van der Waals surface area contributed by atoms with Crippen molar-refractivity contribution in [3.63, 3.8) is 0 Å². The van der Waals surface area contributed by atoms with Gasteiger partial charge in [-0.1, -0.05) is 23.7 Å². The van der Waals surface area contributed by atoms with Crippen molar-refractivity contribution < 1.29 is 14.6 Å². The van der Waals surface area contributed by atoms with E-state index in [1.165, 1.54) is 0 Å². The standard InChI is InChI=1S/C17H18ClN3O3/c18-13-3-1-2-12(8-13)10-17(23)4-5-20(11-17)16(22)14-9-15-21(19-14)6-7-24-15/h1-3,8-9,23H,4-7,10-11H2. The highest BCUT2D eigenvalue weighted by Crippen LogP contribution is 2.28. The number of amides is 1. The summed E-state index contributed by atoms with van der Waals surface area (Å²) in [4.78, 5) is 14.3. The first-order valence-electron chi connectivity index (χ1n) is 7.99. The van der Waals surface area contributed by atoms with Crippen molar-refractivity contribution in [3.8, 4) is 5.88 Å². The Labute approximate surface area is 144 Å². The van der Waals surface area contributed by atoms with E-state index >= 15 is 0 Å². The van der Waals surface area contributed by atoms with Crippen molar-refractivity contribution >= 4 is 17.5 Å². The van der Waals surface area contributed by atoms with Crippen molar-refractivity contribution in [1.82, 2.24) is 14.7 Å². The van der Waals surface area contributed by atoms with Crippen LogP contribution in [0.15, 0.2) is 30.3 Å². The number of aliphatic hydroxyl groups is 1. The van der Waals surface area contributed by atoms with E-state index < -0.39 is 5.60 Å². The van der Waals surface area contributed by atoms with Crippen LogP contribution in [0.1, 0.15) is 22.5 Å². The smallest absolute Gasteiger partial charge is 0.274 e. The third-order valence-corrected chi connectivity index (χ3v) is 4.79. The van der Waals surface area contributed by atoms with E-state index in [0.29, 0.717) is 55.7 Å². The molecule has 0 aliphatic carbocycles. The summed E-state index contributed by atoms with van der Waals surface area (Å²) in [5.41, 5.74) is 0.407. The quantitative estimate of drug-likeness (QED) is 0.918. The van der Waals surface area contributed by atoms with Gasteiger partial charge >= 0.3 is 0 Å². The molecule has 1 amide bonds. The second-order valence-electron chi connectivity index (χ2n) is 6.45. The van der Waals surface area contributed by atoms with E-state index in [1.807, 2.05) is 18.2 Å². The van der Waals surface area contributed by atoms with Crippen molar-refractivity contribution in [2.24, 2.45) is 0 Å². The maximum Gasteiger partial charge on any atom is 0.274 e. The number of fused-ring (bicyclic) bond motifs is 1. The third-order valence-electron chi connectivity index (χ3n) is 4.56. The van der Waals surface area contributed by atoms with Gasteiger partial charge in [0.15, 0.2) is 5.69 Å². The van der Waals surface area contributed by atoms with Gasteiger partial charge in [0, 0.05) is 24.1 Å². The van der Waals surface area contributed by atoms with Crippen LogP contribution >= 0.6 is 11.6 Å². The Morgan fingerprint density at radius 2 is 2.25 bits per heavy atom. The fourth-order valence-corrected chi connectivity index (χ4v) is 3.59. The molecule has 1 N–H and O–H groups in total. The Kier molecular flexibility index (Phi) is 3.73. The minimum atomic E-state index is -0.931. The second-order valence-corrected chi connectivity index (χ2v) is 6.88. The third kappa shape index (κ3) is 2.87. The minimum absolute atomic E-state index is 0.164. The number of carbonyl (C=O) groups is 1. The predicted molar refractivity (Wildman–Crippen MR) is 88.3 cm³/mol. The molecule has 7 heteroatoms. The number of ether oxygens (including phenoxy) is 1. The summed E-state index contributed by atoms with van der Waals surface area (Å²) < 4.78 is 7.09. The van der Waals surface area contributed by atoms with Crippen LogP contribution in [0.3, 0.4) is 0 Å². The van der Waals surface area contributed by atoms with E-state index in [2.05, 4.69) is 5.10 Å². The van der Waals surface area contributed by atoms with Gasteiger partial charge in [-0.25, -0.2) is 4.68 Å². The normalized spacial score (nSPS) is 22.5. The van der Waals surface area contributed by atoms with Gasteiger partial charge in [0.1, 0.15) is 6.61 Å². The average Bonchev–Trinajstić information content (AvgIpc) is 3.20. The van der Waals surface area contributed by atoms with E-state index in [1.54, 1.807) is 21.7 Å². The fourth-order valence-electron chi connectivity index (χ4n) is 3.38. The molecule has 3 heterocycles. The van der Waals surface area contributed by atoms with E-state index in [-0.39, 0.29) is 5.91 Å². The van der Waals surface area contributed by atoms with E-state index in [4.69, 9.17) is 16.3 Å². The molecule has 0 radical (unpaired) electrons. The van der Waals surface area contributed by atoms with Gasteiger partial charge in [-0.3, -0.25) is 4.79 Å². The monoisotopic (exact) mass is 347 g/mol. The lowest BCUT2D eigenvalue weighted by Gasteiger charge is -2.23. The Hall–Kier alpha value is -2.05. The van der Waals surface area contributed by atoms with Gasteiger partial charge in [0.2, 0.25) is 5.88 Å². The molecule has 0 saturated carbocycles. The van der Waals surface area contributed by atoms with Crippen LogP contribution in [-0.4, -0.2) is 51.0 Å². The summed E-state index contributed by atoms with van der Waals surface area (Å²) in [6.07, 6.45) is 1.01. The molecule has 24 heavy (non-hydrogen) atoms. The number of aromatic nitrogens is 2. The topological polar surface area (TPSA) is 67.6 Å². The molecule has 1 aromatic carbocycles. The molecular weight excluding hydrogens is 330 g/mol. The molecule has 126 valence electrons. The van der Waals surface area contributed by atoms with Gasteiger partial charge < -0.3 is 14.7 Å². The highest BCUT2D eigenvalue weighted by atomic mass is 35.5. The van der Waals surface area contributed by atoms with E-state index in [9.17, 15) is 9.90 Å². The molecule has 1 fully saturated rings. The SMILES string of the molecule is O=C(c1cc2n(n1)CCO2)N1CCC(O)(Cc2cccc(Cl)c2)C1. The van der Waals surface area contributed by atoms with Gasteiger partial charge in [0.25, 0.3) is 5.91 Å². The Bertz CT molecular complexity index is 770. The molecule has 0 bridgehead atoms. The van der Waals surface area contributed by atoms with Crippen molar-refractivity contribution in [3.05, 3.63) is 46.6 Å². The summed E-state index contributed by atoms with van der Waals surface area (Å²) >= 11 is 6.00. The molecule has 2 aliphatic rings. The van der Waals surface area contributed by atoms with Gasteiger partial charge in [-0.2, -0.15) is 5.10 Å². The lowest BCUT2D eigenvalue weighted by Crippen LogP contribution is -2.38. The Morgan fingerprint density at radius 1 is 1.38 bits per heavy atom. The van der Waals surface area contributed by atoms with Crippen LogP contribution < -0.4 is 4.74 Å². The maximum absolute atomic E-state index is 12.6. The highest BCUT2D eigenvalue weighted by molar-refractivity contribution is 6.30. The van der Waals surface area contributed by atoms with Gasteiger partial charge in [0.05, 0.1) is 18.7 Å². The number of hydrogen-bond acceptors (Lipinski definition) is 4. The molecule has 2 aliphatic heterocycles. The summed E-state index contributed by atoms with van der Waals surface area (Å²) in [5.74, 6) is 0.467. The zero-order chi connectivity index (χ0) is 16.7. The molecule has 1 atom stereocenters. The number of β-amino-alcohol motifs (C(OH)–C–C–N with tert-alkyl or cyclic N) is 1. The number of rotatable bonds is 3. The maximum atomic E-state index is 12.6. The summed E-state index contributed by atoms with van der Waals surface area (Å²) in [6.45, 7) is 2.07. The number of benzene rings is 1. The van der Waals surface area contributed by atoms with Crippen molar-refractivity contribution in [1.29, 1.82) is 0 Å². The molecular formula is C17H18ClN3O3. The number of carbonyl (C=O) groups excluding carboxylic acids is 1. The lowest BCUT2D eigenvalue weighted by atomic mass is 9.94. The lowest BCUT2D eigenvalue weighted by molar-refractivity contribution is 0.0443. The van der Waals surface area contributed by atoms with Crippen LogP contribution in [0, 0.1) is 0 Å². The molecule has 0 spiro atoms. The molecule has 1 saturated heterocycles.